The van der Waals surface area contributed by atoms with E-state index < -0.39 is 0 Å². The number of urea groups is 1. The molecule has 5 nitrogen and oxygen atoms in total. The Morgan fingerprint density at radius 3 is 2.22 bits per heavy atom. The van der Waals surface area contributed by atoms with E-state index >= 15 is 0 Å². The second-order valence-corrected chi connectivity index (χ2v) is 4.89. The topological polar surface area (TPSA) is 70.6 Å². The first kappa shape index (κ1) is 16.8. The number of amides is 2. The number of carbonyl (C=O) groups is 1. The molecule has 2 aromatic carbocycles. The second kappa shape index (κ2) is 8.75. The number of hydrogen-bond donors (Lipinski definition) is 3. The van der Waals surface area contributed by atoms with Crippen LogP contribution in [0.3, 0.4) is 0 Å². The smallest absolute Gasteiger partial charge is 0.315 e. The van der Waals surface area contributed by atoms with E-state index in [-0.39, 0.29) is 18.5 Å². The number of aliphatic hydroxyl groups is 1. The van der Waals surface area contributed by atoms with Crippen molar-refractivity contribution in [2.24, 2.45) is 0 Å². The number of nitrogens with one attached hydrogen (secondary N) is 2. The first-order valence-corrected chi connectivity index (χ1v) is 7.32. The van der Waals surface area contributed by atoms with Crippen LogP contribution in [0.25, 0.3) is 0 Å². The SMILES string of the molecule is O=C(NCCCO)NCc1ccc(Oc2ccc(F)cc2)cc1. The van der Waals surface area contributed by atoms with E-state index in [9.17, 15) is 9.18 Å². The molecule has 0 aliphatic rings. The number of ether oxygens (including phenoxy) is 1. The lowest BCUT2D eigenvalue weighted by molar-refractivity contribution is 0.237. The number of benzene rings is 2. The Bertz CT molecular complexity index is 615. The van der Waals surface area contributed by atoms with Crippen LogP contribution in [0.15, 0.2) is 48.5 Å². The Balaban J connectivity index is 1.80. The number of rotatable bonds is 7. The zero-order valence-electron chi connectivity index (χ0n) is 12.6. The lowest BCUT2D eigenvalue weighted by atomic mass is 10.2. The molecule has 6 heteroatoms. The van der Waals surface area contributed by atoms with Crippen LogP contribution < -0.4 is 15.4 Å². The van der Waals surface area contributed by atoms with Gasteiger partial charge in [0.2, 0.25) is 0 Å². The Morgan fingerprint density at radius 1 is 1.00 bits per heavy atom. The molecule has 0 aliphatic heterocycles. The van der Waals surface area contributed by atoms with Gasteiger partial charge in [-0.15, -0.1) is 0 Å². The molecule has 122 valence electrons. The van der Waals surface area contributed by atoms with E-state index in [0.29, 0.717) is 31.0 Å². The summed E-state index contributed by atoms with van der Waals surface area (Å²) in [5.74, 6) is 0.879. The van der Waals surface area contributed by atoms with Crippen molar-refractivity contribution < 1.29 is 19.0 Å². The molecule has 0 heterocycles. The van der Waals surface area contributed by atoms with E-state index in [0.717, 1.165) is 5.56 Å². The summed E-state index contributed by atoms with van der Waals surface area (Å²) in [6.07, 6.45) is 0.531. The third-order valence-electron chi connectivity index (χ3n) is 3.05. The van der Waals surface area contributed by atoms with Crippen molar-refractivity contribution in [3.05, 3.63) is 59.9 Å². The van der Waals surface area contributed by atoms with Crippen molar-refractivity contribution >= 4 is 6.03 Å². The van der Waals surface area contributed by atoms with Crippen molar-refractivity contribution in [3.63, 3.8) is 0 Å². The maximum absolute atomic E-state index is 12.8. The van der Waals surface area contributed by atoms with E-state index in [1.165, 1.54) is 12.1 Å². The number of hydrogen-bond acceptors (Lipinski definition) is 3. The number of aliphatic hydroxyl groups excluding tert-OH is 1. The van der Waals surface area contributed by atoms with E-state index in [1.807, 2.05) is 12.1 Å². The van der Waals surface area contributed by atoms with E-state index in [1.54, 1.807) is 24.3 Å². The molecule has 0 atom stereocenters. The van der Waals surface area contributed by atoms with Crippen molar-refractivity contribution in [2.45, 2.75) is 13.0 Å². The zero-order chi connectivity index (χ0) is 16.5. The summed E-state index contributed by atoms with van der Waals surface area (Å²) in [4.78, 5) is 11.5. The third kappa shape index (κ3) is 5.96. The van der Waals surface area contributed by atoms with Crippen LogP contribution >= 0.6 is 0 Å². The minimum Gasteiger partial charge on any atom is -0.457 e. The maximum Gasteiger partial charge on any atom is 0.315 e. The molecule has 0 aromatic heterocycles. The van der Waals surface area contributed by atoms with Crippen LogP contribution in [0.2, 0.25) is 0 Å². The van der Waals surface area contributed by atoms with E-state index in [4.69, 9.17) is 9.84 Å². The summed E-state index contributed by atoms with van der Waals surface area (Å²) in [5, 5.41) is 14.0. The van der Waals surface area contributed by atoms with Crippen molar-refractivity contribution in [2.75, 3.05) is 13.2 Å². The monoisotopic (exact) mass is 318 g/mol. The summed E-state index contributed by atoms with van der Waals surface area (Å²) in [6, 6.07) is 12.8. The van der Waals surface area contributed by atoms with Crippen LogP contribution in [0, 0.1) is 5.82 Å². The first-order chi connectivity index (χ1) is 11.2. The lowest BCUT2D eigenvalue weighted by Gasteiger charge is -2.09. The Labute approximate surface area is 134 Å². The summed E-state index contributed by atoms with van der Waals surface area (Å²) < 4.78 is 18.4. The first-order valence-electron chi connectivity index (χ1n) is 7.32. The predicted octanol–water partition coefficient (Wildman–Crippen LogP) is 2.80. The van der Waals surface area contributed by atoms with E-state index in [2.05, 4.69) is 10.6 Å². The second-order valence-electron chi connectivity index (χ2n) is 4.89. The normalized spacial score (nSPS) is 10.2. The minimum absolute atomic E-state index is 0.0514. The molecule has 2 aromatic rings. The molecule has 0 unspecified atom stereocenters. The number of halogens is 1. The van der Waals surface area contributed by atoms with Gasteiger partial charge in [-0.25, -0.2) is 9.18 Å². The van der Waals surface area contributed by atoms with Gasteiger partial charge in [-0.2, -0.15) is 0 Å². The minimum atomic E-state index is -0.309. The molecule has 0 spiro atoms. The average Bonchev–Trinajstić information content (AvgIpc) is 2.57. The molecule has 23 heavy (non-hydrogen) atoms. The summed E-state index contributed by atoms with van der Waals surface area (Å²) in [5.41, 5.74) is 0.925. The van der Waals surface area contributed by atoms with Gasteiger partial charge in [0.25, 0.3) is 0 Å². The van der Waals surface area contributed by atoms with Crippen LogP contribution in [0.4, 0.5) is 9.18 Å². The molecule has 0 bridgehead atoms. The fourth-order valence-electron chi connectivity index (χ4n) is 1.84. The molecule has 0 saturated carbocycles. The van der Waals surface area contributed by atoms with Crippen LogP contribution in [0.1, 0.15) is 12.0 Å². The highest BCUT2D eigenvalue weighted by molar-refractivity contribution is 5.73. The quantitative estimate of drug-likeness (QED) is 0.688. The third-order valence-corrected chi connectivity index (χ3v) is 3.05. The fourth-order valence-corrected chi connectivity index (χ4v) is 1.84. The van der Waals surface area contributed by atoms with Crippen molar-refractivity contribution in [1.29, 1.82) is 0 Å². The molecule has 0 saturated heterocycles. The highest BCUT2D eigenvalue weighted by Gasteiger charge is 2.01. The molecule has 0 radical (unpaired) electrons. The summed E-state index contributed by atoms with van der Waals surface area (Å²) >= 11 is 0. The maximum atomic E-state index is 12.8. The van der Waals surface area contributed by atoms with Crippen molar-refractivity contribution in [1.82, 2.24) is 10.6 Å². The fraction of sp³-hybridized carbons (Fsp3) is 0.235. The van der Waals surface area contributed by atoms with Gasteiger partial charge in [0.05, 0.1) is 0 Å². The average molecular weight is 318 g/mol. The Morgan fingerprint density at radius 2 is 1.61 bits per heavy atom. The number of carbonyl (C=O) groups excluding carboxylic acids is 1. The Hall–Kier alpha value is -2.60. The highest BCUT2D eigenvalue weighted by atomic mass is 19.1. The summed E-state index contributed by atoms with van der Waals surface area (Å²) in [6.45, 7) is 0.879. The van der Waals surface area contributed by atoms with Gasteiger partial charge in [-0.1, -0.05) is 12.1 Å². The predicted molar refractivity (Wildman–Crippen MR) is 84.9 cm³/mol. The Kier molecular flexibility index (Phi) is 6.38. The molecule has 3 N–H and O–H groups in total. The van der Waals surface area contributed by atoms with Gasteiger partial charge in [-0.05, 0) is 48.4 Å². The molecular formula is C17H19FN2O3. The standard InChI is InChI=1S/C17H19FN2O3/c18-14-4-8-16(9-5-14)23-15-6-2-13(3-7-15)12-20-17(22)19-10-1-11-21/h2-9,21H,1,10-12H2,(H2,19,20,22). The van der Waals surface area contributed by atoms with Gasteiger partial charge in [0.15, 0.2) is 0 Å². The van der Waals surface area contributed by atoms with Gasteiger partial charge in [0.1, 0.15) is 17.3 Å². The molecule has 0 fully saturated rings. The van der Waals surface area contributed by atoms with Gasteiger partial charge in [-0.3, -0.25) is 0 Å². The molecule has 0 aliphatic carbocycles. The molecule has 2 amide bonds. The highest BCUT2D eigenvalue weighted by Crippen LogP contribution is 2.21. The zero-order valence-corrected chi connectivity index (χ0v) is 12.6. The summed E-state index contributed by atoms with van der Waals surface area (Å²) in [7, 11) is 0. The molecular weight excluding hydrogens is 299 g/mol. The van der Waals surface area contributed by atoms with Crippen LogP contribution in [-0.4, -0.2) is 24.3 Å². The lowest BCUT2D eigenvalue weighted by Crippen LogP contribution is -2.35. The van der Waals surface area contributed by atoms with Gasteiger partial charge in [0, 0.05) is 19.7 Å². The van der Waals surface area contributed by atoms with Crippen LogP contribution in [0.5, 0.6) is 11.5 Å². The molecule has 2 rings (SSSR count). The largest absolute Gasteiger partial charge is 0.457 e. The van der Waals surface area contributed by atoms with Crippen LogP contribution in [-0.2, 0) is 6.54 Å². The van der Waals surface area contributed by atoms with Crippen molar-refractivity contribution in [3.8, 4) is 11.5 Å². The van der Waals surface area contributed by atoms with Gasteiger partial charge >= 0.3 is 6.03 Å². The van der Waals surface area contributed by atoms with Gasteiger partial charge < -0.3 is 20.5 Å².